The van der Waals surface area contributed by atoms with Gasteiger partial charge in [0, 0.05) is 19.5 Å². The molecule has 106 valence electrons. The first-order chi connectivity index (χ1) is 8.92. The number of halogens is 1. The topological polar surface area (TPSA) is 49.8 Å². The first-order valence-electron chi connectivity index (χ1n) is 6.15. The Morgan fingerprint density at radius 3 is 2.74 bits per heavy atom. The van der Waals surface area contributed by atoms with E-state index in [0.29, 0.717) is 13.1 Å². The fourth-order valence-electron chi connectivity index (χ4n) is 2.08. The Hall–Kier alpha value is -1.62. The van der Waals surface area contributed by atoms with Crippen LogP contribution in [-0.4, -0.2) is 36.7 Å². The standard InChI is InChI=1S/C14H20FNO3/c1-10(6-14(17)18)8-16(2)9-11-4-5-13(19-3)12(15)7-11/h4-5,7,10H,6,8-9H2,1-3H3,(H,17,18). The number of ether oxygens (including phenoxy) is 1. The minimum Gasteiger partial charge on any atom is -0.494 e. The van der Waals surface area contributed by atoms with E-state index in [1.165, 1.54) is 13.2 Å². The number of benzene rings is 1. The third-order valence-corrected chi connectivity index (χ3v) is 2.82. The highest BCUT2D eigenvalue weighted by molar-refractivity contribution is 5.66. The summed E-state index contributed by atoms with van der Waals surface area (Å²) in [5.41, 5.74) is 0.836. The fourth-order valence-corrected chi connectivity index (χ4v) is 2.08. The molecule has 19 heavy (non-hydrogen) atoms. The molecule has 1 N–H and O–H groups in total. The van der Waals surface area contributed by atoms with Gasteiger partial charge in [-0.1, -0.05) is 13.0 Å². The third kappa shape index (κ3) is 5.26. The Morgan fingerprint density at radius 2 is 2.21 bits per heavy atom. The van der Waals surface area contributed by atoms with Gasteiger partial charge < -0.3 is 14.7 Å². The SMILES string of the molecule is COc1ccc(CN(C)CC(C)CC(=O)O)cc1F. The van der Waals surface area contributed by atoms with Crippen LogP contribution in [0.5, 0.6) is 5.75 Å². The molecule has 0 aliphatic heterocycles. The molecule has 0 amide bonds. The molecule has 0 saturated heterocycles. The van der Waals surface area contributed by atoms with Crippen LogP contribution < -0.4 is 4.74 Å². The van der Waals surface area contributed by atoms with Gasteiger partial charge in [-0.3, -0.25) is 4.79 Å². The Labute approximate surface area is 112 Å². The number of aliphatic carboxylic acids is 1. The third-order valence-electron chi connectivity index (χ3n) is 2.82. The molecule has 0 spiro atoms. The molecular weight excluding hydrogens is 249 g/mol. The second kappa shape index (κ2) is 7.09. The lowest BCUT2D eigenvalue weighted by Crippen LogP contribution is -2.25. The maximum atomic E-state index is 13.5. The summed E-state index contributed by atoms with van der Waals surface area (Å²) < 4.78 is 18.4. The molecule has 4 nitrogen and oxygen atoms in total. The van der Waals surface area contributed by atoms with Gasteiger partial charge in [-0.15, -0.1) is 0 Å². The monoisotopic (exact) mass is 269 g/mol. The minimum absolute atomic E-state index is 0.0607. The van der Waals surface area contributed by atoms with Crippen LogP contribution in [0.25, 0.3) is 0 Å². The molecule has 1 aromatic carbocycles. The molecule has 1 unspecified atom stereocenters. The zero-order chi connectivity index (χ0) is 14.4. The van der Waals surface area contributed by atoms with Crippen LogP contribution in [0.4, 0.5) is 4.39 Å². The molecule has 1 aromatic rings. The van der Waals surface area contributed by atoms with Gasteiger partial charge >= 0.3 is 5.97 Å². The smallest absolute Gasteiger partial charge is 0.303 e. The maximum absolute atomic E-state index is 13.5. The van der Waals surface area contributed by atoms with Crippen molar-refractivity contribution in [2.24, 2.45) is 5.92 Å². The first kappa shape index (κ1) is 15.4. The van der Waals surface area contributed by atoms with E-state index in [0.717, 1.165) is 5.56 Å². The van der Waals surface area contributed by atoms with Gasteiger partial charge in [0.15, 0.2) is 11.6 Å². The van der Waals surface area contributed by atoms with Gasteiger partial charge in [0.25, 0.3) is 0 Å². The van der Waals surface area contributed by atoms with Crippen LogP contribution in [-0.2, 0) is 11.3 Å². The van der Waals surface area contributed by atoms with Gasteiger partial charge in [-0.2, -0.15) is 0 Å². The Morgan fingerprint density at radius 1 is 1.53 bits per heavy atom. The Kier molecular flexibility index (Phi) is 5.76. The minimum atomic E-state index is -0.795. The van der Waals surface area contributed by atoms with Gasteiger partial charge in [-0.05, 0) is 30.7 Å². The molecule has 0 heterocycles. The molecule has 0 bridgehead atoms. The number of carbonyl (C=O) groups is 1. The Bertz CT molecular complexity index is 437. The lowest BCUT2D eigenvalue weighted by Gasteiger charge is -2.20. The predicted octanol–water partition coefficient (Wildman–Crippen LogP) is 2.38. The summed E-state index contributed by atoms with van der Waals surface area (Å²) in [6, 6.07) is 4.84. The number of hydrogen-bond acceptors (Lipinski definition) is 3. The highest BCUT2D eigenvalue weighted by atomic mass is 19.1. The molecule has 0 saturated carbocycles. The van der Waals surface area contributed by atoms with Crippen molar-refractivity contribution in [2.75, 3.05) is 20.7 Å². The maximum Gasteiger partial charge on any atom is 0.303 e. The van der Waals surface area contributed by atoms with Crippen molar-refractivity contribution in [1.82, 2.24) is 4.90 Å². The van der Waals surface area contributed by atoms with Crippen LogP contribution in [0, 0.1) is 11.7 Å². The number of rotatable bonds is 7. The summed E-state index contributed by atoms with van der Waals surface area (Å²) in [6.45, 7) is 3.12. The Balaban J connectivity index is 2.54. The summed E-state index contributed by atoms with van der Waals surface area (Å²) >= 11 is 0. The second-order valence-electron chi connectivity index (χ2n) is 4.87. The average molecular weight is 269 g/mol. The van der Waals surface area contributed by atoms with E-state index >= 15 is 0 Å². The van der Waals surface area contributed by atoms with Crippen LogP contribution in [0.3, 0.4) is 0 Å². The van der Waals surface area contributed by atoms with E-state index in [2.05, 4.69) is 0 Å². The molecule has 5 heteroatoms. The zero-order valence-electron chi connectivity index (χ0n) is 11.5. The van der Waals surface area contributed by atoms with Crippen molar-refractivity contribution in [2.45, 2.75) is 19.9 Å². The summed E-state index contributed by atoms with van der Waals surface area (Å²) in [6.07, 6.45) is 0.140. The first-order valence-corrected chi connectivity index (χ1v) is 6.15. The second-order valence-corrected chi connectivity index (χ2v) is 4.87. The number of methoxy groups -OCH3 is 1. The highest BCUT2D eigenvalue weighted by Gasteiger charge is 2.11. The quantitative estimate of drug-likeness (QED) is 0.825. The van der Waals surface area contributed by atoms with Crippen molar-refractivity contribution < 1.29 is 19.0 Å². The van der Waals surface area contributed by atoms with Gasteiger partial charge in [0.2, 0.25) is 0 Å². The molecule has 0 radical (unpaired) electrons. The lowest BCUT2D eigenvalue weighted by molar-refractivity contribution is -0.138. The number of carboxylic acid groups (broad SMARTS) is 1. The normalized spacial score (nSPS) is 12.5. The van der Waals surface area contributed by atoms with Crippen molar-refractivity contribution >= 4 is 5.97 Å². The number of carboxylic acids is 1. The van der Waals surface area contributed by atoms with Crippen molar-refractivity contribution in [3.63, 3.8) is 0 Å². The molecule has 0 fully saturated rings. The molecule has 1 rings (SSSR count). The average Bonchev–Trinajstić information content (AvgIpc) is 2.27. The van der Waals surface area contributed by atoms with Gasteiger partial charge in [-0.25, -0.2) is 4.39 Å². The van der Waals surface area contributed by atoms with Gasteiger partial charge in [0.1, 0.15) is 0 Å². The summed E-state index contributed by atoms with van der Waals surface area (Å²) in [4.78, 5) is 12.6. The van der Waals surface area contributed by atoms with Crippen LogP contribution in [0.2, 0.25) is 0 Å². The van der Waals surface area contributed by atoms with Crippen molar-refractivity contribution in [1.29, 1.82) is 0 Å². The van der Waals surface area contributed by atoms with Crippen LogP contribution in [0.15, 0.2) is 18.2 Å². The van der Waals surface area contributed by atoms with Crippen LogP contribution in [0.1, 0.15) is 18.9 Å². The molecule has 0 aliphatic carbocycles. The number of nitrogens with zero attached hydrogens (tertiary/aromatic N) is 1. The van der Waals surface area contributed by atoms with Gasteiger partial charge in [0.05, 0.1) is 7.11 Å². The largest absolute Gasteiger partial charge is 0.494 e. The highest BCUT2D eigenvalue weighted by Crippen LogP contribution is 2.18. The van der Waals surface area contributed by atoms with E-state index in [9.17, 15) is 9.18 Å². The lowest BCUT2D eigenvalue weighted by atomic mass is 10.1. The molecular formula is C14H20FNO3. The summed E-state index contributed by atoms with van der Waals surface area (Å²) in [5, 5.41) is 8.70. The van der Waals surface area contributed by atoms with Crippen LogP contribution >= 0.6 is 0 Å². The van der Waals surface area contributed by atoms with E-state index in [1.54, 1.807) is 12.1 Å². The summed E-state index contributed by atoms with van der Waals surface area (Å²) in [7, 11) is 3.32. The zero-order valence-corrected chi connectivity index (χ0v) is 11.5. The van der Waals surface area contributed by atoms with E-state index in [4.69, 9.17) is 9.84 Å². The van der Waals surface area contributed by atoms with Crippen molar-refractivity contribution in [3.05, 3.63) is 29.6 Å². The molecule has 1 atom stereocenters. The predicted molar refractivity (Wildman–Crippen MR) is 70.7 cm³/mol. The van der Waals surface area contributed by atoms with E-state index in [1.807, 2.05) is 18.9 Å². The van der Waals surface area contributed by atoms with E-state index < -0.39 is 5.97 Å². The van der Waals surface area contributed by atoms with E-state index in [-0.39, 0.29) is 23.9 Å². The summed E-state index contributed by atoms with van der Waals surface area (Å²) in [5.74, 6) is -0.889. The fraction of sp³-hybridized carbons (Fsp3) is 0.500. The molecule has 0 aromatic heterocycles. The number of hydrogen-bond donors (Lipinski definition) is 1. The molecule has 0 aliphatic rings. The van der Waals surface area contributed by atoms with Crippen molar-refractivity contribution in [3.8, 4) is 5.75 Å².